The van der Waals surface area contributed by atoms with Gasteiger partial charge < -0.3 is 11.1 Å². The van der Waals surface area contributed by atoms with Gasteiger partial charge in [-0.3, -0.25) is 4.79 Å². The van der Waals surface area contributed by atoms with Crippen molar-refractivity contribution >= 4 is 17.2 Å². The fourth-order valence-electron chi connectivity index (χ4n) is 3.51. The minimum Gasteiger partial charge on any atom is -0.350 e. The molecule has 0 spiro atoms. The molecule has 2 bridgehead atoms. The predicted octanol–water partition coefficient (Wildman–Crippen LogP) is 1.44. The van der Waals surface area contributed by atoms with Crippen LogP contribution in [-0.2, 0) is 11.3 Å². The van der Waals surface area contributed by atoms with E-state index in [1.165, 1.54) is 12.8 Å². The lowest BCUT2D eigenvalue weighted by atomic mass is 9.84. The van der Waals surface area contributed by atoms with Gasteiger partial charge in [0.2, 0.25) is 5.91 Å². The number of aromatic nitrogens is 1. The molecule has 0 aliphatic heterocycles. The third kappa shape index (κ3) is 2.06. The third-order valence-electron chi connectivity index (χ3n) is 4.39. The Hall–Kier alpha value is -0.940. The fraction of sp³-hybridized carbons (Fsp3) is 0.692. The molecule has 1 heterocycles. The lowest BCUT2D eigenvalue weighted by Gasteiger charge is -2.26. The summed E-state index contributed by atoms with van der Waals surface area (Å²) in [6.07, 6.45) is 3.53. The van der Waals surface area contributed by atoms with E-state index in [1.807, 2.05) is 12.3 Å². The van der Waals surface area contributed by atoms with Gasteiger partial charge in [-0.15, -0.1) is 11.3 Å². The summed E-state index contributed by atoms with van der Waals surface area (Å²) in [4.78, 5) is 16.6. The van der Waals surface area contributed by atoms with Gasteiger partial charge in [0.05, 0.1) is 23.2 Å². The van der Waals surface area contributed by atoms with Gasteiger partial charge in [0.15, 0.2) is 0 Å². The van der Waals surface area contributed by atoms with Crippen molar-refractivity contribution in [2.45, 2.75) is 38.8 Å². The zero-order valence-electron chi connectivity index (χ0n) is 10.6. The second-order valence-corrected chi connectivity index (χ2v) is 6.57. The Kier molecular flexibility index (Phi) is 3.11. The average molecular weight is 265 g/mol. The maximum atomic E-state index is 12.2. The summed E-state index contributed by atoms with van der Waals surface area (Å²) in [6, 6.07) is 0.0703. The molecule has 5 heteroatoms. The van der Waals surface area contributed by atoms with E-state index in [9.17, 15) is 4.79 Å². The van der Waals surface area contributed by atoms with Crippen molar-refractivity contribution in [2.75, 3.05) is 0 Å². The first-order chi connectivity index (χ1) is 8.65. The number of hydrogen-bond acceptors (Lipinski definition) is 4. The number of nitrogens with zero attached hydrogens (tertiary/aromatic N) is 1. The van der Waals surface area contributed by atoms with Crippen LogP contribution < -0.4 is 11.1 Å². The Morgan fingerprint density at radius 2 is 2.33 bits per heavy atom. The van der Waals surface area contributed by atoms with E-state index in [4.69, 9.17) is 5.73 Å². The molecule has 2 saturated carbocycles. The van der Waals surface area contributed by atoms with Crippen LogP contribution in [0.4, 0.5) is 0 Å². The second-order valence-electron chi connectivity index (χ2n) is 5.51. The Morgan fingerprint density at radius 3 is 2.94 bits per heavy atom. The second kappa shape index (κ2) is 4.63. The highest BCUT2D eigenvalue weighted by atomic mass is 32.1. The van der Waals surface area contributed by atoms with Crippen LogP contribution in [0.1, 0.15) is 30.0 Å². The first-order valence-electron chi connectivity index (χ1n) is 6.59. The highest BCUT2D eigenvalue weighted by Crippen LogP contribution is 2.47. The standard InChI is InChI=1S/C13H19N3OS/c1-7-16-10(6-18-7)5-15-13(17)11-8-2-3-9(4-8)12(11)14/h6,8-9,11-12H,2-5,14H2,1H3,(H,15,17). The number of rotatable bonds is 3. The summed E-state index contributed by atoms with van der Waals surface area (Å²) >= 11 is 1.61. The van der Waals surface area contributed by atoms with E-state index in [0.717, 1.165) is 17.1 Å². The first kappa shape index (κ1) is 12.1. The van der Waals surface area contributed by atoms with Crippen LogP contribution in [0.3, 0.4) is 0 Å². The molecule has 0 aromatic carbocycles. The van der Waals surface area contributed by atoms with Crippen molar-refractivity contribution in [3.8, 4) is 0 Å². The lowest BCUT2D eigenvalue weighted by molar-refractivity contribution is -0.127. The molecule has 3 rings (SSSR count). The van der Waals surface area contributed by atoms with Gasteiger partial charge in [0.25, 0.3) is 0 Å². The van der Waals surface area contributed by atoms with Crippen LogP contribution in [0.5, 0.6) is 0 Å². The summed E-state index contributed by atoms with van der Waals surface area (Å²) in [6.45, 7) is 2.51. The number of carbonyl (C=O) groups excluding carboxylic acids is 1. The Bertz CT molecular complexity index is 457. The lowest BCUT2D eigenvalue weighted by Crippen LogP contribution is -2.45. The number of nitrogens with two attached hydrogens (primary N) is 1. The Labute approximate surface area is 111 Å². The van der Waals surface area contributed by atoms with Crippen molar-refractivity contribution in [3.63, 3.8) is 0 Å². The maximum absolute atomic E-state index is 12.2. The summed E-state index contributed by atoms with van der Waals surface area (Å²) < 4.78 is 0. The highest BCUT2D eigenvalue weighted by Gasteiger charge is 2.48. The Balaban J connectivity index is 1.59. The normalized spacial score (nSPS) is 33.9. The van der Waals surface area contributed by atoms with E-state index >= 15 is 0 Å². The van der Waals surface area contributed by atoms with Gasteiger partial charge in [-0.1, -0.05) is 0 Å². The van der Waals surface area contributed by atoms with Gasteiger partial charge in [-0.25, -0.2) is 4.98 Å². The van der Waals surface area contributed by atoms with Crippen molar-refractivity contribution in [1.29, 1.82) is 0 Å². The van der Waals surface area contributed by atoms with Gasteiger partial charge in [0, 0.05) is 11.4 Å². The van der Waals surface area contributed by atoms with Crippen LogP contribution in [0.15, 0.2) is 5.38 Å². The van der Waals surface area contributed by atoms with Crippen LogP contribution in [0.2, 0.25) is 0 Å². The monoisotopic (exact) mass is 265 g/mol. The fourth-order valence-corrected chi connectivity index (χ4v) is 4.12. The van der Waals surface area contributed by atoms with E-state index in [2.05, 4.69) is 10.3 Å². The maximum Gasteiger partial charge on any atom is 0.225 e. The van der Waals surface area contributed by atoms with E-state index < -0.39 is 0 Å². The molecule has 1 aromatic heterocycles. The topological polar surface area (TPSA) is 68.0 Å². The van der Waals surface area contributed by atoms with E-state index in [0.29, 0.717) is 18.4 Å². The van der Waals surface area contributed by atoms with Gasteiger partial charge >= 0.3 is 0 Å². The third-order valence-corrected chi connectivity index (χ3v) is 5.22. The number of carbonyl (C=O) groups is 1. The molecule has 2 aliphatic carbocycles. The number of hydrogen-bond donors (Lipinski definition) is 2. The summed E-state index contributed by atoms with van der Waals surface area (Å²) in [5.41, 5.74) is 7.11. The minimum atomic E-state index is 0.0310. The van der Waals surface area contributed by atoms with Crippen molar-refractivity contribution < 1.29 is 4.79 Å². The molecule has 0 radical (unpaired) electrons. The molecule has 1 amide bonds. The molecule has 1 aromatic rings. The average Bonchev–Trinajstić information content (AvgIpc) is 3.02. The smallest absolute Gasteiger partial charge is 0.225 e. The van der Waals surface area contributed by atoms with Crippen molar-refractivity contribution in [3.05, 3.63) is 16.1 Å². The molecule has 18 heavy (non-hydrogen) atoms. The molecule has 4 atom stereocenters. The minimum absolute atomic E-state index is 0.0310. The van der Waals surface area contributed by atoms with Gasteiger partial charge in [-0.2, -0.15) is 0 Å². The summed E-state index contributed by atoms with van der Waals surface area (Å²) in [7, 11) is 0. The zero-order valence-corrected chi connectivity index (χ0v) is 11.4. The van der Waals surface area contributed by atoms with Crippen molar-refractivity contribution in [2.24, 2.45) is 23.5 Å². The molecular formula is C13H19N3OS. The first-order valence-corrected chi connectivity index (χ1v) is 7.47. The summed E-state index contributed by atoms with van der Waals surface area (Å²) in [5, 5.41) is 6.03. The molecule has 4 unspecified atom stereocenters. The molecule has 98 valence electrons. The molecule has 2 fully saturated rings. The largest absolute Gasteiger partial charge is 0.350 e. The molecular weight excluding hydrogens is 246 g/mol. The SMILES string of the molecule is Cc1nc(CNC(=O)C2C3CCC(C3)C2N)cs1. The van der Waals surface area contributed by atoms with Crippen LogP contribution in [-0.4, -0.2) is 16.9 Å². The van der Waals surface area contributed by atoms with Gasteiger partial charge in [0.1, 0.15) is 0 Å². The number of amides is 1. The number of nitrogens with one attached hydrogen (secondary N) is 1. The van der Waals surface area contributed by atoms with Gasteiger partial charge in [-0.05, 0) is 38.0 Å². The van der Waals surface area contributed by atoms with Crippen LogP contribution >= 0.6 is 11.3 Å². The number of aryl methyl sites for hydroxylation is 1. The number of thiazole rings is 1. The molecule has 3 N–H and O–H groups in total. The van der Waals surface area contributed by atoms with E-state index in [1.54, 1.807) is 11.3 Å². The predicted molar refractivity (Wildman–Crippen MR) is 71.0 cm³/mol. The molecule has 0 saturated heterocycles. The van der Waals surface area contributed by atoms with Crippen LogP contribution in [0.25, 0.3) is 0 Å². The molecule has 4 nitrogen and oxygen atoms in total. The van der Waals surface area contributed by atoms with E-state index in [-0.39, 0.29) is 17.9 Å². The molecule has 2 aliphatic rings. The Morgan fingerprint density at radius 1 is 1.56 bits per heavy atom. The quantitative estimate of drug-likeness (QED) is 0.869. The highest BCUT2D eigenvalue weighted by molar-refractivity contribution is 7.09. The number of fused-ring (bicyclic) bond motifs is 2. The summed E-state index contributed by atoms with van der Waals surface area (Å²) in [5.74, 6) is 1.25. The van der Waals surface area contributed by atoms with Crippen LogP contribution in [0, 0.1) is 24.7 Å². The zero-order chi connectivity index (χ0) is 12.7. The van der Waals surface area contributed by atoms with Crippen molar-refractivity contribution in [1.82, 2.24) is 10.3 Å².